The maximum absolute atomic E-state index is 4.57. The Morgan fingerprint density at radius 1 is 1.00 bits per heavy atom. The Bertz CT molecular complexity index is 645. The van der Waals surface area contributed by atoms with Crippen molar-refractivity contribution >= 4 is 17.6 Å². The zero-order valence-corrected chi connectivity index (χ0v) is 14.0. The van der Waals surface area contributed by atoms with Crippen molar-refractivity contribution in [1.82, 2.24) is 19.9 Å². The molecule has 0 atom stereocenters. The Kier molecular flexibility index (Phi) is 4.55. The summed E-state index contributed by atoms with van der Waals surface area (Å²) in [6, 6.07) is 4.02. The van der Waals surface area contributed by atoms with E-state index in [9.17, 15) is 0 Å². The van der Waals surface area contributed by atoms with Gasteiger partial charge in [-0.25, -0.2) is 15.0 Å². The Morgan fingerprint density at radius 2 is 1.70 bits per heavy atom. The molecule has 1 fully saturated rings. The average Bonchev–Trinajstić information content (AvgIpc) is 2.55. The van der Waals surface area contributed by atoms with Crippen molar-refractivity contribution in [3.63, 3.8) is 0 Å². The summed E-state index contributed by atoms with van der Waals surface area (Å²) in [6.07, 6.45) is 1.81. The van der Waals surface area contributed by atoms with E-state index in [4.69, 9.17) is 0 Å². The van der Waals surface area contributed by atoms with E-state index >= 15 is 0 Å². The predicted molar refractivity (Wildman–Crippen MR) is 92.1 cm³/mol. The van der Waals surface area contributed by atoms with E-state index in [2.05, 4.69) is 41.1 Å². The lowest BCUT2D eigenvalue weighted by Gasteiger charge is -2.36. The van der Waals surface area contributed by atoms with Gasteiger partial charge in [0.1, 0.15) is 17.5 Å². The molecule has 1 aliphatic heterocycles. The van der Waals surface area contributed by atoms with Crippen molar-refractivity contribution in [3.8, 4) is 0 Å². The highest BCUT2D eigenvalue weighted by Crippen LogP contribution is 2.18. The van der Waals surface area contributed by atoms with Gasteiger partial charge in [0.25, 0.3) is 0 Å². The molecule has 0 aromatic carbocycles. The number of hydrogen-bond acceptors (Lipinski definition) is 7. The summed E-state index contributed by atoms with van der Waals surface area (Å²) in [5.74, 6) is 3.51. The number of aromatic nitrogens is 4. The van der Waals surface area contributed by atoms with Crippen LogP contribution in [0, 0.1) is 13.8 Å². The van der Waals surface area contributed by atoms with Gasteiger partial charge in [0.05, 0.1) is 0 Å². The first kappa shape index (κ1) is 15.5. The van der Waals surface area contributed by atoms with Gasteiger partial charge in [-0.3, -0.25) is 0 Å². The van der Waals surface area contributed by atoms with Gasteiger partial charge in [-0.05, 0) is 26.8 Å². The van der Waals surface area contributed by atoms with Crippen LogP contribution in [0.1, 0.15) is 18.4 Å². The van der Waals surface area contributed by atoms with Gasteiger partial charge in [-0.2, -0.15) is 4.98 Å². The van der Waals surface area contributed by atoms with Crippen LogP contribution in [-0.4, -0.2) is 52.7 Å². The average molecular weight is 313 g/mol. The molecular formula is C16H23N7. The first-order valence-electron chi connectivity index (χ1n) is 8.05. The van der Waals surface area contributed by atoms with Crippen LogP contribution in [-0.2, 0) is 0 Å². The van der Waals surface area contributed by atoms with Crippen molar-refractivity contribution in [3.05, 3.63) is 29.8 Å². The zero-order chi connectivity index (χ0) is 16.2. The molecular weight excluding hydrogens is 290 g/mol. The fourth-order valence-electron chi connectivity index (χ4n) is 2.79. The summed E-state index contributed by atoms with van der Waals surface area (Å²) in [6.45, 7) is 10.5. The highest BCUT2D eigenvalue weighted by atomic mass is 15.3. The van der Waals surface area contributed by atoms with Crippen molar-refractivity contribution < 1.29 is 0 Å². The molecule has 2 aromatic heterocycles. The predicted octanol–water partition coefficient (Wildman–Crippen LogP) is 1.64. The van der Waals surface area contributed by atoms with Crippen LogP contribution in [0.4, 0.5) is 17.6 Å². The third kappa shape index (κ3) is 3.67. The standard InChI is InChI=1S/C16H23N7/c1-4-17-16-18-6-5-14(21-16)22-7-9-23(10-8-22)15-11-12(2)19-13(3)20-15/h5-6,11H,4,7-10H2,1-3H3,(H,17,18,21). The van der Waals surface area contributed by atoms with Crippen LogP contribution in [0.5, 0.6) is 0 Å². The van der Waals surface area contributed by atoms with E-state index in [1.807, 2.05) is 33.0 Å². The molecule has 0 bridgehead atoms. The molecule has 0 saturated carbocycles. The highest BCUT2D eigenvalue weighted by molar-refractivity contribution is 5.47. The van der Waals surface area contributed by atoms with Crippen LogP contribution >= 0.6 is 0 Å². The van der Waals surface area contributed by atoms with Gasteiger partial charge >= 0.3 is 0 Å². The molecule has 0 amide bonds. The lowest BCUT2D eigenvalue weighted by atomic mass is 10.3. The molecule has 1 N–H and O–H groups in total. The molecule has 0 unspecified atom stereocenters. The summed E-state index contributed by atoms with van der Waals surface area (Å²) in [7, 11) is 0. The van der Waals surface area contributed by atoms with E-state index < -0.39 is 0 Å². The Balaban J connectivity index is 1.67. The van der Waals surface area contributed by atoms with Gasteiger partial charge in [-0.1, -0.05) is 0 Å². The molecule has 0 spiro atoms. The summed E-state index contributed by atoms with van der Waals surface area (Å²) in [4.78, 5) is 22.3. The molecule has 7 nitrogen and oxygen atoms in total. The molecule has 7 heteroatoms. The van der Waals surface area contributed by atoms with E-state index in [-0.39, 0.29) is 0 Å². The maximum atomic E-state index is 4.57. The maximum Gasteiger partial charge on any atom is 0.224 e. The molecule has 3 heterocycles. The van der Waals surface area contributed by atoms with E-state index in [0.29, 0.717) is 5.95 Å². The van der Waals surface area contributed by atoms with Crippen molar-refractivity contribution in [2.75, 3.05) is 47.8 Å². The van der Waals surface area contributed by atoms with Gasteiger partial charge in [0, 0.05) is 50.7 Å². The van der Waals surface area contributed by atoms with Gasteiger partial charge in [-0.15, -0.1) is 0 Å². The number of anilines is 3. The number of rotatable bonds is 4. The second-order valence-electron chi connectivity index (χ2n) is 5.66. The van der Waals surface area contributed by atoms with E-state index in [0.717, 1.165) is 55.9 Å². The van der Waals surface area contributed by atoms with E-state index in [1.54, 1.807) is 0 Å². The number of piperazine rings is 1. The molecule has 3 rings (SSSR count). The fourth-order valence-corrected chi connectivity index (χ4v) is 2.79. The normalized spacial score (nSPS) is 14.9. The second-order valence-corrected chi connectivity index (χ2v) is 5.66. The summed E-state index contributed by atoms with van der Waals surface area (Å²) >= 11 is 0. The molecule has 2 aromatic rings. The zero-order valence-electron chi connectivity index (χ0n) is 14.0. The summed E-state index contributed by atoms with van der Waals surface area (Å²) in [5.41, 5.74) is 1.01. The van der Waals surface area contributed by atoms with Gasteiger partial charge in [0.2, 0.25) is 5.95 Å². The monoisotopic (exact) mass is 313 g/mol. The van der Waals surface area contributed by atoms with Crippen LogP contribution in [0.2, 0.25) is 0 Å². The third-order valence-electron chi connectivity index (χ3n) is 3.86. The lowest BCUT2D eigenvalue weighted by Crippen LogP contribution is -2.47. The van der Waals surface area contributed by atoms with E-state index in [1.165, 1.54) is 0 Å². The Morgan fingerprint density at radius 3 is 2.35 bits per heavy atom. The summed E-state index contributed by atoms with van der Waals surface area (Å²) < 4.78 is 0. The first-order valence-corrected chi connectivity index (χ1v) is 8.05. The summed E-state index contributed by atoms with van der Waals surface area (Å²) in [5, 5.41) is 3.16. The van der Waals surface area contributed by atoms with Crippen molar-refractivity contribution in [2.24, 2.45) is 0 Å². The molecule has 122 valence electrons. The minimum absolute atomic E-state index is 0.689. The van der Waals surface area contributed by atoms with Crippen LogP contribution in [0.15, 0.2) is 18.3 Å². The fraction of sp³-hybridized carbons (Fsp3) is 0.500. The van der Waals surface area contributed by atoms with Crippen LogP contribution in [0.3, 0.4) is 0 Å². The van der Waals surface area contributed by atoms with Crippen molar-refractivity contribution in [1.29, 1.82) is 0 Å². The second kappa shape index (κ2) is 6.76. The minimum atomic E-state index is 0.689. The Hall–Kier alpha value is -2.44. The smallest absolute Gasteiger partial charge is 0.224 e. The van der Waals surface area contributed by atoms with Crippen LogP contribution < -0.4 is 15.1 Å². The number of nitrogens with one attached hydrogen (secondary N) is 1. The first-order chi connectivity index (χ1) is 11.2. The van der Waals surface area contributed by atoms with Crippen LogP contribution in [0.25, 0.3) is 0 Å². The molecule has 1 aliphatic rings. The number of aryl methyl sites for hydroxylation is 2. The minimum Gasteiger partial charge on any atom is -0.354 e. The van der Waals surface area contributed by atoms with Crippen molar-refractivity contribution in [2.45, 2.75) is 20.8 Å². The molecule has 1 saturated heterocycles. The largest absolute Gasteiger partial charge is 0.354 e. The van der Waals surface area contributed by atoms with Gasteiger partial charge < -0.3 is 15.1 Å². The third-order valence-corrected chi connectivity index (χ3v) is 3.86. The quantitative estimate of drug-likeness (QED) is 0.920. The molecule has 23 heavy (non-hydrogen) atoms. The highest BCUT2D eigenvalue weighted by Gasteiger charge is 2.20. The SMILES string of the molecule is CCNc1nccc(N2CCN(c3cc(C)nc(C)n3)CC2)n1. The van der Waals surface area contributed by atoms with Gasteiger partial charge in [0.15, 0.2) is 0 Å². The lowest BCUT2D eigenvalue weighted by molar-refractivity contribution is 0.639. The Labute approximate surface area is 136 Å². The number of nitrogens with zero attached hydrogens (tertiary/aromatic N) is 6. The number of hydrogen-bond donors (Lipinski definition) is 1. The molecule has 0 radical (unpaired) electrons. The molecule has 0 aliphatic carbocycles. The topological polar surface area (TPSA) is 70.1 Å².